The van der Waals surface area contributed by atoms with Crippen LogP contribution in [0.5, 0.6) is 0 Å². The van der Waals surface area contributed by atoms with Crippen molar-refractivity contribution in [2.24, 2.45) is 0 Å². The zero-order chi connectivity index (χ0) is 21.2. The Morgan fingerprint density at radius 1 is 0.903 bits per heavy atom. The number of aromatic nitrogens is 1. The first-order valence-electron chi connectivity index (χ1n) is 11.7. The molecule has 2 aliphatic heterocycles. The van der Waals surface area contributed by atoms with Crippen LogP contribution in [0.25, 0.3) is 0 Å². The van der Waals surface area contributed by atoms with Crippen molar-refractivity contribution in [3.63, 3.8) is 0 Å². The van der Waals surface area contributed by atoms with Gasteiger partial charge in [0.25, 0.3) is 5.91 Å². The summed E-state index contributed by atoms with van der Waals surface area (Å²) in [5, 5.41) is 0. The summed E-state index contributed by atoms with van der Waals surface area (Å²) in [4.78, 5) is 24.3. The number of pyridine rings is 1. The van der Waals surface area contributed by atoms with Crippen molar-refractivity contribution < 1.29 is 4.79 Å². The van der Waals surface area contributed by atoms with E-state index < -0.39 is 0 Å². The molecule has 164 valence electrons. The molecule has 0 unspecified atom stereocenters. The fourth-order valence-corrected chi connectivity index (χ4v) is 5.47. The molecular weight excluding hydrogens is 452 g/mol. The van der Waals surface area contributed by atoms with E-state index in [0.717, 1.165) is 55.1 Å². The van der Waals surface area contributed by atoms with E-state index in [9.17, 15) is 4.79 Å². The molecule has 1 aromatic carbocycles. The number of rotatable bonds is 4. The SMILES string of the molecule is O=C(c1ccc(C2CCCCC2)cc1)N1CC(N2CCN(c3ccc(Br)cn3)CC2)C1. The van der Waals surface area contributed by atoms with Crippen LogP contribution in [0.15, 0.2) is 47.1 Å². The number of nitrogens with zero attached hydrogens (tertiary/aromatic N) is 4. The molecule has 31 heavy (non-hydrogen) atoms. The van der Waals surface area contributed by atoms with E-state index in [4.69, 9.17) is 0 Å². The van der Waals surface area contributed by atoms with Gasteiger partial charge in [0.05, 0.1) is 0 Å². The second kappa shape index (κ2) is 9.29. The Balaban J connectivity index is 1.10. The zero-order valence-corrected chi connectivity index (χ0v) is 19.6. The predicted octanol–water partition coefficient (Wildman–Crippen LogP) is 4.54. The first-order valence-corrected chi connectivity index (χ1v) is 12.5. The van der Waals surface area contributed by atoms with Crippen molar-refractivity contribution in [2.75, 3.05) is 44.2 Å². The van der Waals surface area contributed by atoms with Gasteiger partial charge in [0, 0.05) is 61.5 Å². The minimum absolute atomic E-state index is 0.184. The Labute approximate surface area is 193 Å². The number of benzene rings is 1. The van der Waals surface area contributed by atoms with E-state index in [1.807, 2.05) is 29.3 Å². The van der Waals surface area contributed by atoms with Crippen LogP contribution in [-0.2, 0) is 0 Å². The Bertz CT molecular complexity index is 881. The van der Waals surface area contributed by atoms with E-state index in [1.54, 1.807) is 0 Å². The van der Waals surface area contributed by atoms with E-state index >= 15 is 0 Å². The molecule has 1 aromatic heterocycles. The Morgan fingerprint density at radius 3 is 2.26 bits per heavy atom. The van der Waals surface area contributed by atoms with Gasteiger partial charge >= 0.3 is 0 Å². The van der Waals surface area contributed by atoms with Crippen LogP contribution in [0.3, 0.4) is 0 Å². The Morgan fingerprint density at radius 2 is 1.61 bits per heavy atom. The molecule has 5 nitrogen and oxygen atoms in total. The summed E-state index contributed by atoms with van der Waals surface area (Å²) in [5.74, 6) is 1.92. The second-order valence-corrected chi connectivity index (χ2v) is 10.1. The lowest BCUT2D eigenvalue weighted by Gasteiger charge is -2.48. The van der Waals surface area contributed by atoms with E-state index in [0.29, 0.717) is 12.0 Å². The Hall–Kier alpha value is -1.92. The maximum absolute atomic E-state index is 12.9. The standard InChI is InChI=1S/C25H31BrN4O/c26-22-10-11-24(27-16-22)29-14-12-28(13-15-29)23-17-30(18-23)25(31)21-8-6-20(7-9-21)19-4-2-1-3-5-19/h6-11,16,19,23H,1-5,12-15,17-18H2. The van der Waals surface area contributed by atoms with Crippen LogP contribution in [-0.4, -0.2) is 66.0 Å². The molecule has 1 amide bonds. The molecule has 2 saturated heterocycles. The molecule has 3 fully saturated rings. The summed E-state index contributed by atoms with van der Waals surface area (Å²) >= 11 is 3.45. The van der Waals surface area contributed by atoms with Crippen LogP contribution in [0.2, 0.25) is 0 Å². The van der Waals surface area contributed by atoms with Crippen molar-refractivity contribution in [3.8, 4) is 0 Å². The van der Waals surface area contributed by atoms with Gasteiger partial charge in [0.15, 0.2) is 0 Å². The zero-order valence-electron chi connectivity index (χ0n) is 18.0. The molecule has 3 aliphatic rings. The quantitative estimate of drug-likeness (QED) is 0.641. The van der Waals surface area contributed by atoms with Crippen LogP contribution in [0.4, 0.5) is 5.82 Å². The largest absolute Gasteiger partial charge is 0.354 e. The highest BCUT2D eigenvalue weighted by molar-refractivity contribution is 9.10. The predicted molar refractivity (Wildman–Crippen MR) is 128 cm³/mol. The third-order valence-electron chi connectivity index (χ3n) is 7.25. The summed E-state index contributed by atoms with van der Waals surface area (Å²) in [6, 6.07) is 13.1. The molecule has 0 radical (unpaired) electrons. The van der Waals surface area contributed by atoms with E-state index in [2.05, 4.69) is 48.9 Å². The van der Waals surface area contributed by atoms with Gasteiger partial charge in [-0.2, -0.15) is 0 Å². The normalized spacial score (nSPS) is 21.2. The van der Waals surface area contributed by atoms with Gasteiger partial charge in [-0.3, -0.25) is 9.69 Å². The molecule has 0 N–H and O–H groups in total. The molecular formula is C25H31BrN4O. The summed E-state index contributed by atoms with van der Waals surface area (Å²) in [6.45, 7) is 5.73. The van der Waals surface area contributed by atoms with Gasteiger partial charge in [-0.05, 0) is 64.5 Å². The fourth-order valence-electron chi connectivity index (χ4n) is 5.24. The highest BCUT2D eigenvalue weighted by Gasteiger charge is 2.36. The topological polar surface area (TPSA) is 39.7 Å². The average molecular weight is 483 g/mol. The number of amides is 1. The van der Waals surface area contributed by atoms with Gasteiger partial charge in [0.2, 0.25) is 0 Å². The molecule has 0 atom stereocenters. The first kappa shape index (κ1) is 21.0. The number of halogens is 1. The monoisotopic (exact) mass is 482 g/mol. The summed E-state index contributed by atoms with van der Waals surface area (Å²) in [7, 11) is 0. The highest BCUT2D eigenvalue weighted by Crippen LogP contribution is 2.32. The first-order chi connectivity index (χ1) is 15.2. The molecule has 0 bridgehead atoms. The molecule has 6 heteroatoms. The van der Waals surface area contributed by atoms with Crippen LogP contribution in [0.1, 0.15) is 53.9 Å². The van der Waals surface area contributed by atoms with Gasteiger partial charge in [0.1, 0.15) is 5.82 Å². The van der Waals surface area contributed by atoms with Crippen molar-refractivity contribution >= 4 is 27.7 Å². The maximum atomic E-state index is 12.9. The number of likely N-dealkylation sites (tertiary alicyclic amines) is 1. The number of hydrogen-bond acceptors (Lipinski definition) is 4. The molecule has 0 spiro atoms. The molecule has 2 aromatic rings. The molecule has 1 aliphatic carbocycles. The summed E-state index contributed by atoms with van der Waals surface area (Å²) in [6.07, 6.45) is 8.51. The molecule has 1 saturated carbocycles. The number of carbonyl (C=O) groups is 1. The second-order valence-electron chi connectivity index (χ2n) is 9.18. The third-order valence-corrected chi connectivity index (χ3v) is 7.72. The average Bonchev–Trinajstić information content (AvgIpc) is 2.80. The maximum Gasteiger partial charge on any atom is 0.253 e. The van der Waals surface area contributed by atoms with E-state index in [-0.39, 0.29) is 5.91 Å². The van der Waals surface area contributed by atoms with E-state index in [1.165, 1.54) is 37.7 Å². The van der Waals surface area contributed by atoms with Gasteiger partial charge in [-0.15, -0.1) is 0 Å². The van der Waals surface area contributed by atoms with Crippen LogP contribution in [0, 0.1) is 0 Å². The lowest BCUT2D eigenvalue weighted by Crippen LogP contribution is -2.64. The minimum Gasteiger partial charge on any atom is -0.354 e. The third kappa shape index (κ3) is 4.65. The number of hydrogen-bond donors (Lipinski definition) is 0. The van der Waals surface area contributed by atoms with Crippen molar-refractivity contribution in [2.45, 2.75) is 44.1 Å². The number of anilines is 1. The summed E-state index contributed by atoms with van der Waals surface area (Å²) < 4.78 is 1.01. The lowest BCUT2D eigenvalue weighted by molar-refractivity contribution is 0.0246. The Kier molecular flexibility index (Phi) is 6.28. The van der Waals surface area contributed by atoms with Crippen molar-refractivity contribution in [3.05, 3.63) is 58.2 Å². The van der Waals surface area contributed by atoms with Gasteiger partial charge < -0.3 is 9.80 Å². The minimum atomic E-state index is 0.184. The van der Waals surface area contributed by atoms with Gasteiger partial charge in [-0.1, -0.05) is 31.4 Å². The smallest absolute Gasteiger partial charge is 0.253 e. The van der Waals surface area contributed by atoms with Crippen LogP contribution >= 0.6 is 15.9 Å². The molecule has 5 rings (SSSR count). The number of piperazine rings is 1. The van der Waals surface area contributed by atoms with Crippen molar-refractivity contribution in [1.82, 2.24) is 14.8 Å². The van der Waals surface area contributed by atoms with Gasteiger partial charge in [-0.25, -0.2) is 4.98 Å². The highest BCUT2D eigenvalue weighted by atomic mass is 79.9. The molecule has 3 heterocycles. The van der Waals surface area contributed by atoms with Crippen molar-refractivity contribution in [1.29, 1.82) is 0 Å². The summed E-state index contributed by atoms with van der Waals surface area (Å²) in [5.41, 5.74) is 2.25. The van der Waals surface area contributed by atoms with Crippen LogP contribution < -0.4 is 4.90 Å². The lowest BCUT2D eigenvalue weighted by atomic mass is 9.84. The number of carbonyl (C=O) groups excluding carboxylic acids is 1. The fraction of sp³-hybridized carbons (Fsp3) is 0.520.